The molecule has 1 saturated heterocycles. The first-order valence-electron chi connectivity index (χ1n) is 4.51. The van der Waals surface area contributed by atoms with Crippen LogP contribution in [0.25, 0.3) is 0 Å². The van der Waals surface area contributed by atoms with Crippen LogP contribution in [0.3, 0.4) is 0 Å². The Balaban J connectivity index is 1.80. The lowest BCUT2D eigenvalue weighted by Crippen LogP contribution is -2.61. The van der Waals surface area contributed by atoms with E-state index in [0.717, 1.165) is 26.1 Å². The highest BCUT2D eigenvalue weighted by Crippen LogP contribution is 2.54. The summed E-state index contributed by atoms with van der Waals surface area (Å²) in [6, 6.07) is 0. The lowest BCUT2D eigenvalue weighted by atomic mass is 9.58. The van der Waals surface area contributed by atoms with Gasteiger partial charge < -0.3 is 9.47 Å². The van der Waals surface area contributed by atoms with Crippen LogP contribution in [-0.2, 0) is 9.47 Å². The molecule has 1 saturated carbocycles. The lowest BCUT2D eigenvalue weighted by molar-refractivity contribution is -0.246. The average Bonchev–Trinajstić information content (AvgIpc) is 1.92. The normalized spacial score (nSPS) is 29.1. The zero-order chi connectivity index (χ0) is 8.66. The monoisotopic (exact) mass is 168 g/mol. The fourth-order valence-corrected chi connectivity index (χ4v) is 2.49. The topological polar surface area (TPSA) is 18.5 Å². The van der Waals surface area contributed by atoms with E-state index in [2.05, 4.69) is 13.5 Å². The van der Waals surface area contributed by atoms with Crippen LogP contribution >= 0.6 is 0 Å². The standard InChI is InChI=1S/C10H16O2/c1-3-4-12-9(2)5-10(6-9)7-11-8-10/h3H,1,4-8H2,2H3. The summed E-state index contributed by atoms with van der Waals surface area (Å²) in [4.78, 5) is 0. The van der Waals surface area contributed by atoms with Crippen molar-refractivity contribution in [1.82, 2.24) is 0 Å². The number of rotatable bonds is 3. The van der Waals surface area contributed by atoms with Gasteiger partial charge in [-0.05, 0) is 19.8 Å². The van der Waals surface area contributed by atoms with Crippen molar-refractivity contribution in [3.05, 3.63) is 12.7 Å². The molecule has 0 unspecified atom stereocenters. The van der Waals surface area contributed by atoms with E-state index in [-0.39, 0.29) is 5.60 Å². The van der Waals surface area contributed by atoms with Crippen molar-refractivity contribution in [3.8, 4) is 0 Å². The molecule has 1 heterocycles. The second-order valence-electron chi connectivity index (χ2n) is 4.40. The predicted molar refractivity (Wildman–Crippen MR) is 47.0 cm³/mol. The summed E-state index contributed by atoms with van der Waals surface area (Å²) in [6.45, 7) is 8.39. The summed E-state index contributed by atoms with van der Waals surface area (Å²) in [5, 5.41) is 0. The van der Waals surface area contributed by atoms with Gasteiger partial charge in [0.1, 0.15) is 0 Å². The molecule has 0 bridgehead atoms. The summed E-state index contributed by atoms with van der Waals surface area (Å²) in [6.07, 6.45) is 4.13. The van der Waals surface area contributed by atoms with Crippen LogP contribution < -0.4 is 0 Å². The van der Waals surface area contributed by atoms with E-state index >= 15 is 0 Å². The van der Waals surface area contributed by atoms with Gasteiger partial charge in [0.25, 0.3) is 0 Å². The first-order valence-corrected chi connectivity index (χ1v) is 4.51. The molecule has 1 spiro atoms. The molecule has 0 atom stereocenters. The van der Waals surface area contributed by atoms with Gasteiger partial charge >= 0.3 is 0 Å². The molecule has 0 radical (unpaired) electrons. The van der Waals surface area contributed by atoms with Gasteiger partial charge in [0.15, 0.2) is 0 Å². The zero-order valence-electron chi connectivity index (χ0n) is 7.64. The van der Waals surface area contributed by atoms with Crippen LogP contribution in [0.2, 0.25) is 0 Å². The van der Waals surface area contributed by atoms with E-state index in [4.69, 9.17) is 9.47 Å². The molecular weight excluding hydrogens is 152 g/mol. The van der Waals surface area contributed by atoms with Crippen molar-refractivity contribution >= 4 is 0 Å². The summed E-state index contributed by atoms with van der Waals surface area (Å²) in [5.41, 5.74) is 0.605. The second kappa shape index (κ2) is 2.57. The fourth-order valence-electron chi connectivity index (χ4n) is 2.49. The molecule has 2 aliphatic rings. The third-order valence-electron chi connectivity index (χ3n) is 2.86. The Morgan fingerprint density at radius 1 is 1.50 bits per heavy atom. The minimum atomic E-state index is 0.109. The predicted octanol–water partition coefficient (Wildman–Crippen LogP) is 1.76. The summed E-state index contributed by atoms with van der Waals surface area (Å²) < 4.78 is 10.9. The number of hydrogen-bond acceptors (Lipinski definition) is 2. The third-order valence-corrected chi connectivity index (χ3v) is 2.86. The molecule has 12 heavy (non-hydrogen) atoms. The Morgan fingerprint density at radius 3 is 2.58 bits per heavy atom. The highest BCUT2D eigenvalue weighted by atomic mass is 16.5. The van der Waals surface area contributed by atoms with E-state index in [1.165, 1.54) is 0 Å². The van der Waals surface area contributed by atoms with Crippen molar-refractivity contribution in [2.45, 2.75) is 25.4 Å². The number of ether oxygens (including phenoxy) is 2. The largest absolute Gasteiger partial charge is 0.380 e. The van der Waals surface area contributed by atoms with Crippen molar-refractivity contribution in [2.75, 3.05) is 19.8 Å². The van der Waals surface area contributed by atoms with Crippen LogP contribution in [-0.4, -0.2) is 25.4 Å². The molecule has 1 aliphatic heterocycles. The molecule has 0 aromatic carbocycles. The molecule has 0 aromatic heterocycles. The molecule has 2 nitrogen and oxygen atoms in total. The van der Waals surface area contributed by atoms with E-state index < -0.39 is 0 Å². The molecule has 0 amide bonds. The van der Waals surface area contributed by atoms with Gasteiger partial charge in [-0.3, -0.25) is 0 Å². The van der Waals surface area contributed by atoms with Gasteiger partial charge in [0, 0.05) is 5.41 Å². The Morgan fingerprint density at radius 2 is 2.17 bits per heavy atom. The van der Waals surface area contributed by atoms with E-state index in [0.29, 0.717) is 12.0 Å². The van der Waals surface area contributed by atoms with Crippen LogP contribution in [0, 0.1) is 5.41 Å². The molecule has 2 fully saturated rings. The minimum absolute atomic E-state index is 0.109. The molecule has 1 aliphatic carbocycles. The second-order valence-corrected chi connectivity index (χ2v) is 4.40. The lowest BCUT2D eigenvalue weighted by Gasteiger charge is -2.58. The Labute approximate surface area is 73.5 Å². The average molecular weight is 168 g/mol. The van der Waals surface area contributed by atoms with Crippen molar-refractivity contribution < 1.29 is 9.47 Å². The van der Waals surface area contributed by atoms with Crippen LogP contribution in [0.15, 0.2) is 12.7 Å². The summed E-state index contributed by atoms with van der Waals surface area (Å²) in [5.74, 6) is 0. The molecular formula is C10H16O2. The summed E-state index contributed by atoms with van der Waals surface area (Å²) in [7, 11) is 0. The van der Waals surface area contributed by atoms with Crippen LogP contribution in [0.1, 0.15) is 19.8 Å². The van der Waals surface area contributed by atoms with Gasteiger partial charge in [0.05, 0.1) is 25.4 Å². The maximum absolute atomic E-state index is 5.67. The molecule has 2 heteroatoms. The molecule has 68 valence electrons. The van der Waals surface area contributed by atoms with Crippen molar-refractivity contribution in [2.24, 2.45) is 5.41 Å². The van der Waals surface area contributed by atoms with Gasteiger partial charge in [-0.25, -0.2) is 0 Å². The highest BCUT2D eigenvalue weighted by Gasteiger charge is 2.56. The molecule has 2 rings (SSSR count). The zero-order valence-corrected chi connectivity index (χ0v) is 7.64. The Kier molecular flexibility index (Phi) is 1.77. The molecule has 0 N–H and O–H groups in total. The minimum Gasteiger partial charge on any atom is -0.380 e. The maximum Gasteiger partial charge on any atom is 0.0672 e. The quantitative estimate of drug-likeness (QED) is 0.598. The van der Waals surface area contributed by atoms with Gasteiger partial charge in [-0.2, -0.15) is 0 Å². The smallest absolute Gasteiger partial charge is 0.0672 e. The maximum atomic E-state index is 5.67. The van der Waals surface area contributed by atoms with E-state index in [9.17, 15) is 0 Å². The highest BCUT2D eigenvalue weighted by molar-refractivity contribution is 5.06. The molecule has 0 aromatic rings. The SMILES string of the molecule is C=CCOC1(C)CC2(COC2)C1. The van der Waals surface area contributed by atoms with Crippen molar-refractivity contribution in [1.29, 1.82) is 0 Å². The van der Waals surface area contributed by atoms with Crippen molar-refractivity contribution in [3.63, 3.8) is 0 Å². The fraction of sp³-hybridized carbons (Fsp3) is 0.800. The summed E-state index contributed by atoms with van der Waals surface area (Å²) >= 11 is 0. The van der Waals surface area contributed by atoms with E-state index in [1.54, 1.807) is 0 Å². The Hall–Kier alpha value is -0.340. The third kappa shape index (κ3) is 1.19. The van der Waals surface area contributed by atoms with Crippen LogP contribution in [0.4, 0.5) is 0 Å². The van der Waals surface area contributed by atoms with Crippen LogP contribution in [0.5, 0.6) is 0 Å². The first-order chi connectivity index (χ1) is 5.68. The number of hydrogen-bond donors (Lipinski definition) is 0. The first kappa shape index (κ1) is 8.27. The Bertz CT molecular complexity index is 186. The van der Waals surface area contributed by atoms with E-state index in [1.807, 2.05) is 6.08 Å². The van der Waals surface area contributed by atoms with Gasteiger partial charge in [-0.1, -0.05) is 6.08 Å². The van der Waals surface area contributed by atoms with Gasteiger partial charge in [-0.15, -0.1) is 6.58 Å². The van der Waals surface area contributed by atoms with Gasteiger partial charge in [0.2, 0.25) is 0 Å².